The third-order valence-corrected chi connectivity index (χ3v) is 7.62. The summed E-state index contributed by atoms with van der Waals surface area (Å²) in [6, 6.07) is 8.35. The Kier molecular flexibility index (Phi) is 6.94. The Balaban J connectivity index is 1.29. The van der Waals surface area contributed by atoms with E-state index in [0.29, 0.717) is 17.9 Å². The number of piperidine rings is 1. The molecule has 0 N–H and O–H groups in total. The van der Waals surface area contributed by atoms with Crippen molar-refractivity contribution in [3.05, 3.63) is 57.0 Å². The average molecular weight is 454 g/mol. The number of aryl methyl sites for hydroxylation is 3. The van der Waals surface area contributed by atoms with E-state index < -0.39 is 0 Å². The van der Waals surface area contributed by atoms with E-state index in [4.69, 9.17) is 4.74 Å². The molecule has 3 heterocycles. The van der Waals surface area contributed by atoms with Crippen LogP contribution in [0.2, 0.25) is 0 Å². The average Bonchev–Trinajstić information content (AvgIpc) is 3.10. The number of ether oxygens (including phenoxy) is 1. The van der Waals surface area contributed by atoms with E-state index in [0.717, 1.165) is 59.8 Å². The molecule has 3 aromatic rings. The van der Waals surface area contributed by atoms with Crippen LogP contribution in [0.5, 0.6) is 5.75 Å². The molecule has 170 valence electrons. The highest BCUT2D eigenvalue weighted by Gasteiger charge is 2.23. The van der Waals surface area contributed by atoms with E-state index in [-0.39, 0.29) is 18.0 Å². The standard InChI is InChI=1S/C25H31N3O3S/c1-4-31-21-9-7-19(8-10-21)5-6-20-11-13-27(14-12-20)22(29)15-28-16-26-24-23(25(28)30)17(2)18(3)32-24/h7-10,16,20H,4-6,11-15H2,1-3H3. The molecule has 1 aliphatic rings. The molecule has 0 aliphatic carbocycles. The zero-order valence-corrected chi connectivity index (χ0v) is 19.9. The smallest absolute Gasteiger partial charge is 0.262 e. The highest BCUT2D eigenvalue weighted by Crippen LogP contribution is 2.26. The molecule has 32 heavy (non-hydrogen) atoms. The topological polar surface area (TPSA) is 64.4 Å². The van der Waals surface area contributed by atoms with Gasteiger partial charge in [0.05, 0.1) is 18.3 Å². The van der Waals surface area contributed by atoms with E-state index in [9.17, 15) is 9.59 Å². The fraction of sp³-hybridized carbons (Fsp3) is 0.480. The zero-order chi connectivity index (χ0) is 22.7. The van der Waals surface area contributed by atoms with Gasteiger partial charge in [0, 0.05) is 18.0 Å². The van der Waals surface area contributed by atoms with Crippen LogP contribution in [-0.2, 0) is 17.8 Å². The van der Waals surface area contributed by atoms with Crippen LogP contribution in [0.3, 0.4) is 0 Å². The summed E-state index contributed by atoms with van der Waals surface area (Å²) in [5.74, 6) is 1.55. The van der Waals surface area contributed by atoms with Gasteiger partial charge in [0.15, 0.2) is 0 Å². The fourth-order valence-corrected chi connectivity index (χ4v) is 5.38. The second-order valence-corrected chi connectivity index (χ2v) is 9.78. The van der Waals surface area contributed by atoms with Crippen LogP contribution < -0.4 is 10.3 Å². The van der Waals surface area contributed by atoms with E-state index >= 15 is 0 Å². The van der Waals surface area contributed by atoms with Gasteiger partial charge in [-0.1, -0.05) is 12.1 Å². The summed E-state index contributed by atoms with van der Waals surface area (Å²) in [6.07, 6.45) is 5.72. The number of fused-ring (bicyclic) bond motifs is 1. The lowest BCUT2D eigenvalue weighted by Crippen LogP contribution is -2.41. The lowest BCUT2D eigenvalue weighted by Gasteiger charge is -2.32. The molecule has 0 atom stereocenters. The summed E-state index contributed by atoms with van der Waals surface area (Å²) in [5, 5.41) is 0.649. The molecular formula is C25H31N3O3S. The number of hydrogen-bond acceptors (Lipinski definition) is 5. The van der Waals surface area contributed by atoms with Crippen LogP contribution in [0.1, 0.15) is 42.2 Å². The molecule has 1 aliphatic heterocycles. The zero-order valence-electron chi connectivity index (χ0n) is 19.1. The molecule has 0 bridgehead atoms. The Labute approximate surface area is 192 Å². The van der Waals surface area contributed by atoms with Crippen molar-refractivity contribution in [3.8, 4) is 5.75 Å². The van der Waals surface area contributed by atoms with Crippen molar-refractivity contribution >= 4 is 27.5 Å². The maximum atomic E-state index is 12.9. The second kappa shape index (κ2) is 9.86. The molecule has 1 fully saturated rings. The number of rotatable bonds is 7. The molecule has 0 radical (unpaired) electrons. The van der Waals surface area contributed by atoms with Crippen LogP contribution in [-0.4, -0.2) is 40.1 Å². The van der Waals surface area contributed by atoms with Gasteiger partial charge in [0.25, 0.3) is 5.56 Å². The number of carbonyl (C=O) groups excluding carboxylic acids is 1. The van der Waals surface area contributed by atoms with Gasteiger partial charge in [-0.3, -0.25) is 14.2 Å². The number of carbonyl (C=O) groups is 1. The molecule has 0 spiro atoms. The minimum absolute atomic E-state index is 0.00261. The van der Waals surface area contributed by atoms with Gasteiger partial charge in [-0.05, 0) is 75.6 Å². The van der Waals surface area contributed by atoms with Crippen LogP contribution in [0.25, 0.3) is 10.2 Å². The Bertz CT molecular complexity index is 1140. The molecule has 7 heteroatoms. The Morgan fingerprint density at radius 3 is 2.59 bits per heavy atom. The predicted octanol–water partition coefficient (Wildman–Crippen LogP) is 4.34. The molecule has 6 nitrogen and oxygen atoms in total. The maximum absolute atomic E-state index is 12.9. The van der Waals surface area contributed by atoms with Gasteiger partial charge >= 0.3 is 0 Å². The number of benzene rings is 1. The number of amides is 1. The number of hydrogen-bond donors (Lipinski definition) is 0. The highest BCUT2D eigenvalue weighted by atomic mass is 32.1. The number of thiophene rings is 1. The Hall–Kier alpha value is -2.67. The third-order valence-electron chi connectivity index (χ3n) is 6.50. The molecule has 4 rings (SSSR count). The maximum Gasteiger partial charge on any atom is 0.262 e. The van der Waals surface area contributed by atoms with Gasteiger partial charge in [0.2, 0.25) is 5.91 Å². The molecule has 1 aromatic carbocycles. The van der Waals surface area contributed by atoms with Crippen molar-refractivity contribution in [3.63, 3.8) is 0 Å². The normalized spacial score (nSPS) is 14.8. The summed E-state index contributed by atoms with van der Waals surface area (Å²) in [5.41, 5.74) is 2.18. The van der Waals surface area contributed by atoms with Crippen LogP contribution in [0, 0.1) is 19.8 Å². The van der Waals surface area contributed by atoms with Crippen molar-refractivity contribution in [2.45, 2.75) is 53.0 Å². The summed E-state index contributed by atoms with van der Waals surface area (Å²) >= 11 is 1.53. The molecule has 0 unspecified atom stereocenters. The van der Waals surface area contributed by atoms with Gasteiger partial charge in [-0.25, -0.2) is 4.98 Å². The second-order valence-electron chi connectivity index (χ2n) is 8.58. The van der Waals surface area contributed by atoms with E-state index in [1.807, 2.05) is 37.8 Å². The van der Waals surface area contributed by atoms with E-state index in [2.05, 4.69) is 17.1 Å². The first-order valence-corrected chi connectivity index (χ1v) is 12.2. The number of nitrogens with zero attached hydrogens (tertiary/aromatic N) is 3. The predicted molar refractivity (Wildman–Crippen MR) is 129 cm³/mol. The Morgan fingerprint density at radius 1 is 1.19 bits per heavy atom. The molecule has 1 saturated heterocycles. The minimum atomic E-state index is -0.115. The summed E-state index contributed by atoms with van der Waals surface area (Å²) < 4.78 is 6.97. The van der Waals surface area contributed by atoms with Crippen molar-refractivity contribution < 1.29 is 9.53 Å². The van der Waals surface area contributed by atoms with Crippen LogP contribution in [0.15, 0.2) is 35.4 Å². The SMILES string of the molecule is CCOc1ccc(CCC2CCN(C(=O)Cn3cnc4sc(C)c(C)c4c3=O)CC2)cc1. The molecule has 0 saturated carbocycles. The van der Waals surface area contributed by atoms with Gasteiger partial charge in [0.1, 0.15) is 17.1 Å². The molecular weight excluding hydrogens is 422 g/mol. The number of likely N-dealkylation sites (tertiary alicyclic amines) is 1. The molecule has 2 aromatic heterocycles. The lowest BCUT2D eigenvalue weighted by atomic mass is 9.90. The van der Waals surface area contributed by atoms with Gasteiger partial charge in [-0.15, -0.1) is 11.3 Å². The fourth-order valence-electron chi connectivity index (χ4n) is 4.39. The third kappa shape index (κ3) is 4.88. The van der Waals surface area contributed by atoms with Crippen LogP contribution in [0.4, 0.5) is 0 Å². The summed E-state index contributed by atoms with van der Waals surface area (Å²) in [7, 11) is 0. The monoisotopic (exact) mass is 453 g/mol. The highest BCUT2D eigenvalue weighted by molar-refractivity contribution is 7.18. The number of aromatic nitrogens is 2. The largest absolute Gasteiger partial charge is 0.494 e. The van der Waals surface area contributed by atoms with E-state index in [1.54, 1.807) is 0 Å². The van der Waals surface area contributed by atoms with Crippen molar-refractivity contribution in [2.24, 2.45) is 5.92 Å². The van der Waals surface area contributed by atoms with Gasteiger partial charge in [-0.2, -0.15) is 0 Å². The molecule has 1 amide bonds. The Morgan fingerprint density at radius 2 is 1.91 bits per heavy atom. The quantitative estimate of drug-likeness (QED) is 0.534. The summed E-state index contributed by atoms with van der Waals surface area (Å²) in [6.45, 7) is 8.20. The van der Waals surface area contributed by atoms with Crippen molar-refractivity contribution in [1.82, 2.24) is 14.5 Å². The van der Waals surface area contributed by atoms with Crippen LogP contribution >= 0.6 is 11.3 Å². The first-order valence-electron chi connectivity index (χ1n) is 11.4. The van der Waals surface area contributed by atoms with E-state index in [1.165, 1.54) is 27.8 Å². The first kappa shape index (κ1) is 22.5. The summed E-state index contributed by atoms with van der Waals surface area (Å²) in [4.78, 5) is 33.9. The van der Waals surface area contributed by atoms with Gasteiger partial charge < -0.3 is 9.64 Å². The minimum Gasteiger partial charge on any atom is -0.494 e. The van der Waals surface area contributed by atoms with Crippen molar-refractivity contribution in [1.29, 1.82) is 0 Å². The first-order chi connectivity index (χ1) is 15.5. The lowest BCUT2D eigenvalue weighted by molar-refractivity contribution is -0.133. The van der Waals surface area contributed by atoms with Crippen molar-refractivity contribution in [2.75, 3.05) is 19.7 Å².